The van der Waals surface area contributed by atoms with Gasteiger partial charge in [-0.1, -0.05) is 41.9 Å². The van der Waals surface area contributed by atoms with Crippen LogP contribution in [0.1, 0.15) is 21.5 Å². The molecule has 0 atom stereocenters. The zero-order valence-corrected chi connectivity index (χ0v) is 19.8. The number of rotatable bonds is 4. The summed E-state index contributed by atoms with van der Waals surface area (Å²) in [6, 6.07) is 21.2. The van der Waals surface area contributed by atoms with Crippen molar-refractivity contribution >= 4 is 34.8 Å². The van der Waals surface area contributed by atoms with E-state index in [9.17, 15) is 9.59 Å². The van der Waals surface area contributed by atoms with Gasteiger partial charge in [0.25, 0.3) is 11.8 Å². The lowest BCUT2D eigenvalue weighted by atomic mass is 10.1. The van der Waals surface area contributed by atoms with Gasteiger partial charge in [-0.05, 0) is 54.4 Å². The van der Waals surface area contributed by atoms with Gasteiger partial charge >= 0.3 is 0 Å². The van der Waals surface area contributed by atoms with E-state index < -0.39 is 0 Å². The number of aryl methyl sites for hydroxylation is 1. The number of hydrogen-bond acceptors (Lipinski definition) is 4. The average Bonchev–Trinajstić information content (AvgIpc) is 2.86. The van der Waals surface area contributed by atoms with Crippen LogP contribution in [-0.4, -0.2) is 49.5 Å². The smallest absolute Gasteiger partial charge is 0.265 e. The van der Waals surface area contributed by atoms with E-state index in [2.05, 4.69) is 4.90 Å². The molecule has 2 amide bonds. The Labute approximate surface area is 204 Å². The number of benzene rings is 3. The van der Waals surface area contributed by atoms with Crippen molar-refractivity contribution in [2.24, 2.45) is 0 Å². The first kappa shape index (κ1) is 22.3. The van der Waals surface area contributed by atoms with Crippen LogP contribution in [-0.2, 0) is 11.3 Å². The third-order valence-corrected chi connectivity index (χ3v) is 6.65. The zero-order chi connectivity index (χ0) is 23.7. The van der Waals surface area contributed by atoms with E-state index in [-0.39, 0.29) is 18.4 Å². The Morgan fingerprint density at radius 1 is 0.941 bits per heavy atom. The normalized spacial score (nSPS) is 15.7. The van der Waals surface area contributed by atoms with E-state index in [1.807, 2.05) is 78.6 Å². The fraction of sp³-hybridized carbons (Fsp3) is 0.259. The van der Waals surface area contributed by atoms with E-state index in [1.165, 1.54) is 0 Å². The maximum Gasteiger partial charge on any atom is 0.265 e. The second-order valence-electron chi connectivity index (χ2n) is 8.67. The first-order valence-corrected chi connectivity index (χ1v) is 11.8. The van der Waals surface area contributed by atoms with Crippen molar-refractivity contribution in [2.45, 2.75) is 13.5 Å². The molecule has 3 aromatic carbocycles. The minimum atomic E-state index is -0.0921. The van der Waals surface area contributed by atoms with Crippen molar-refractivity contribution in [1.29, 1.82) is 0 Å². The van der Waals surface area contributed by atoms with Crippen molar-refractivity contribution < 1.29 is 14.3 Å². The second-order valence-corrected chi connectivity index (χ2v) is 9.08. The number of nitrogens with zero attached hydrogens (tertiary/aromatic N) is 3. The summed E-state index contributed by atoms with van der Waals surface area (Å²) in [6.45, 7) is 5.11. The zero-order valence-electron chi connectivity index (χ0n) is 19.0. The molecule has 7 heteroatoms. The van der Waals surface area contributed by atoms with Crippen LogP contribution in [0.15, 0.2) is 66.7 Å². The SMILES string of the molecule is Cc1ccc2c(c1)N(Cc1cccc(C(=O)N3CCN(c4ccccc4Cl)CC3)c1)C(=O)CO2. The van der Waals surface area contributed by atoms with Crippen molar-refractivity contribution in [3.63, 3.8) is 0 Å². The van der Waals surface area contributed by atoms with E-state index in [1.54, 1.807) is 4.90 Å². The van der Waals surface area contributed by atoms with Crippen LogP contribution in [0.5, 0.6) is 5.75 Å². The molecule has 0 N–H and O–H groups in total. The van der Waals surface area contributed by atoms with Gasteiger partial charge in [0.1, 0.15) is 5.75 Å². The summed E-state index contributed by atoms with van der Waals surface area (Å²) in [5, 5.41) is 0.726. The summed E-state index contributed by atoms with van der Waals surface area (Å²) in [7, 11) is 0. The van der Waals surface area contributed by atoms with Crippen LogP contribution in [0.2, 0.25) is 5.02 Å². The van der Waals surface area contributed by atoms with E-state index in [0.717, 1.165) is 40.6 Å². The molecular formula is C27H26ClN3O3. The molecule has 2 heterocycles. The average molecular weight is 476 g/mol. The third-order valence-electron chi connectivity index (χ3n) is 6.33. The van der Waals surface area contributed by atoms with Crippen molar-refractivity contribution in [3.05, 3.63) is 88.4 Å². The number of piperazine rings is 1. The highest BCUT2D eigenvalue weighted by molar-refractivity contribution is 6.33. The first-order chi connectivity index (χ1) is 16.5. The molecule has 1 fully saturated rings. The van der Waals surface area contributed by atoms with Crippen LogP contribution < -0.4 is 14.5 Å². The molecule has 0 aliphatic carbocycles. The Bertz CT molecular complexity index is 1240. The monoisotopic (exact) mass is 475 g/mol. The van der Waals surface area contributed by atoms with E-state index in [0.29, 0.717) is 30.9 Å². The highest BCUT2D eigenvalue weighted by Crippen LogP contribution is 2.34. The van der Waals surface area contributed by atoms with Crippen LogP contribution in [0.4, 0.5) is 11.4 Å². The number of hydrogen-bond donors (Lipinski definition) is 0. The highest BCUT2D eigenvalue weighted by Gasteiger charge is 2.27. The molecule has 2 aliphatic rings. The van der Waals surface area contributed by atoms with Crippen molar-refractivity contribution in [2.75, 3.05) is 42.6 Å². The molecular weight excluding hydrogens is 450 g/mol. The summed E-state index contributed by atoms with van der Waals surface area (Å²) in [5.41, 5.74) is 4.37. The Balaban J connectivity index is 1.29. The highest BCUT2D eigenvalue weighted by atomic mass is 35.5. The predicted molar refractivity (Wildman–Crippen MR) is 134 cm³/mol. The topological polar surface area (TPSA) is 53.1 Å². The summed E-state index contributed by atoms with van der Waals surface area (Å²) < 4.78 is 5.58. The van der Waals surface area contributed by atoms with Crippen LogP contribution >= 0.6 is 11.6 Å². The summed E-state index contributed by atoms with van der Waals surface area (Å²) in [6.07, 6.45) is 0. The van der Waals surface area contributed by atoms with Gasteiger partial charge in [0, 0.05) is 31.7 Å². The maximum atomic E-state index is 13.2. The Hall–Kier alpha value is -3.51. The van der Waals surface area contributed by atoms with E-state index >= 15 is 0 Å². The molecule has 174 valence electrons. The van der Waals surface area contributed by atoms with Gasteiger partial charge in [-0.2, -0.15) is 0 Å². The molecule has 5 rings (SSSR count). The quantitative estimate of drug-likeness (QED) is 0.556. The largest absolute Gasteiger partial charge is 0.482 e. The molecule has 0 unspecified atom stereocenters. The van der Waals surface area contributed by atoms with Gasteiger partial charge in [-0.15, -0.1) is 0 Å². The van der Waals surface area contributed by atoms with Gasteiger partial charge in [-0.3, -0.25) is 9.59 Å². The number of amides is 2. The summed E-state index contributed by atoms with van der Waals surface area (Å²) >= 11 is 6.34. The number of halogens is 1. The van der Waals surface area contributed by atoms with Gasteiger partial charge in [0.05, 0.1) is 22.9 Å². The van der Waals surface area contributed by atoms with Gasteiger partial charge in [-0.25, -0.2) is 0 Å². The number of carbonyl (C=O) groups is 2. The molecule has 34 heavy (non-hydrogen) atoms. The molecule has 2 aliphatic heterocycles. The lowest BCUT2D eigenvalue weighted by Crippen LogP contribution is -2.48. The maximum absolute atomic E-state index is 13.2. The summed E-state index contributed by atoms with van der Waals surface area (Å²) in [4.78, 5) is 31.7. The van der Waals surface area contributed by atoms with Gasteiger partial charge < -0.3 is 19.4 Å². The standard InChI is InChI=1S/C27H26ClN3O3/c1-19-9-10-25-24(15-19)31(26(32)18-34-25)17-20-5-4-6-21(16-20)27(33)30-13-11-29(12-14-30)23-8-3-2-7-22(23)28/h2-10,15-16H,11-14,17-18H2,1H3. The molecule has 0 bridgehead atoms. The Kier molecular flexibility index (Phi) is 6.16. The third kappa shape index (κ3) is 4.46. The number of ether oxygens (including phenoxy) is 1. The molecule has 3 aromatic rings. The Morgan fingerprint density at radius 2 is 1.74 bits per heavy atom. The lowest BCUT2D eigenvalue weighted by molar-refractivity contribution is -0.121. The molecule has 0 saturated carbocycles. The molecule has 0 aromatic heterocycles. The fourth-order valence-electron chi connectivity index (χ4n) is 4.51. The van der Waals surface area contributed by atoms with E-state index in [4.69, 9.17) is 16.3 Å². The van der Waals surface area contributed by atoms with Crippen LogP contribution in [0, 0.1) is 6.92 Å². The number of carbonyl (C=O) groups excluding carboxylic acids is 2. The van der Waals surface area contributed by atoms with Crippen molar-refractivity contribution in [3.8, 4) is 5.75 Å². The summed E-state index contributed by atoms with van der Waals surface area (Å²) in [5.74, 6) is 0.615. The molecule has 0 spiro atoms. The molecule has 0 radical (unpaired) electrons. The fourth-order valence-corrected chi connectivity index (χ4v) is 4.77. The number of para-hydroxylation sites is 1. The minimum Gasteiger partial charge on any atom is -0.482 e. The van der Waals surface area contributed by atoms with Gasteiger partial charge in [0.15, 0.2) is 6.61 Å². The van der Waals surface area contributed by atoms with Crippen LogP contribution in [0.25, 0.3) is 0 Å². The number of fused-ring (bicyclic) bond motifs is 1. The Morgan fingerprint density at radius 3 is 2.53 bits per heavy atom. The predicted octanol–water partition coefficient (Wildman–Crippen LogP) is 4.54. The number of anilines is 2. The minimum absolute atomic E-state index is 0.00482. The van der Waals surface area contributed by atoms with Gasteiger partial charge in [0.2, 0.25) is 0 Å². The molecule has 6 nitrogen and oxygen atoms in total. The second kappa shape index (κ2) is 9.39. The first-order valence-electron chi connectivity index (χ1n) is 11.4. The molecule has 1 saturated heterocycles. The van der Waals surface area contributed by atoms with Crippen LogP contribution in [0.3, 0.4) is 0 Å². The van der Waals surface area contributed by atoms with Crippen molar-refractivity contribution in [1.82, 2.24) is 4.90 Å². The lowest BCUT2D eigenvalue weighted by Gasteiger charge is -2.36.